The summed E-state index contributed by atoms with van der Waals surface area (Å²) >= 11 is 5.26. The van der Waals surface area contributed by atoms with Crippen LogP contribution < -0.4 is 4.31 Å². The highest BCUT2D eigenvalue weighted by atomic mass is 35.5. The maximum atomic E-state index is 11.6. The Morgan fingerprint density at radius 2 is 1.71 bits per heavy atom. The Bertz CT molecular complexity index is 519. The van der Waals surface area contributed by atoms with Gasteiger partial charge >= 0.3 is 0 Å². The molecule has 0 aliphatic rings. The van der Waals surface area contributed by atoms with Crippen LogP contribution in [0.3, 0.4) is 0 Å². The van der Waals surface area contributed by atoms with E-state index in [9.17, 15) is 13.2 Å². The van der Waals surface area contributed by atoms with Gasteiger partial charge in [-0.3, -0.25) is 9.10 Å². The number of hydrogen-bond acceptors (Lipinski definition) is 3. The van der Waals surface area contributed by atoms with E-state index in [0.29, 0.717) is 5.69 Å². The fourth-order valence-electron chi connectivity index (χ4n) is 1.61. The summed E-state index contributed by atoms with van der Waals surface area (Å²) in [6.45, 7) is 3.36. The average Bonchev–Trinajstić information content (AvgIpc) is 2.10. The number of carbonyl (C=O) groups is 1. The summed E-state index contributed by atoms with van der Waals surface area (Å²) in [6, 6.07) is 5.33. The first-order chi connectivity index (χ1) is 7.70. The van der Waals surface area contributed by atoms with Crippen molar-refractivity contribution in [1.29, 1.82) is 0 Å². The van der Waals surface area contributed by atoms with Crippen molar-refractivity contribution < 1.29 is 13.2 Å². The molecule has 0 radical (unpaired) electrons. The van der Waals surface area contributed by atoms with E-state index in [0.717, 1.165) is 21.7 Å². The first-order valence-corrected chi connectivity index (χ1v) is 7.17. The molecule has 0 aliphatic carbocycles. The lowest BCUT2D eigenvalue weighted by Gasteiger charge is -2.21. The number of halogens is 1. The second-order valence-corrected chi connectivity index (χ2v) is 6.30. The highest BCUT2D eigenvalue weighted by Gasteiger charge is 2.20. The minimum atomic E-state index is -3.52. The van der Waals surface area contributed by atoms with Crippen LogP contribution in [0.1, 0.15) is 11.1 Å². The molecule has 1 aromatic rings. The zero-order chi connectivity index (χ0) is 13.2. The predicted octanol–water partition coefficient (Wildman–Crippen LogP) is 1.83. The largest absolute Gasteiger partial charge is 0.279 e. The lowest BCUT2D eigenvalue weighted by Crippen LogP contribution is -2.33. The summed E-state index contributed by atoms with van der Waals surface area (Å²) in [7, 11) is -3.52. The molecule has 17 heavy (non-hydrogen) atoms. The number of sulfonamides is 1. The van der Waals surface area contributed by atoms with Gasteiger partial charge in [-0.05, 0) is 48.7 Å². The molecule has 94 valence electrons. The Kier molecular flexibility index (Phi) is 4.16. The molecule has 0 heterocycles. The minimum Gasteiger partial charge on any atom is -0.279 e. The summed E-state index contributed by atoms with van der Waals surface area (Å²) in [6.07, 6.45) is 1.05. The highest BCUT2D eigenvalue weighted by molar-refractivity contribution is 7.92. The van der Waals surface area contributed by atoms with E-state index in [1.54, 1.807) is 12.1 Å². The van der Waals surface area contributed by atoms with Crippen LogP contribution in [-0.2, 0) is 14.8 Å². The summed E-state index contributed by atoms with van der Waals surface area (Å²) in [5.41, 5.74) is 2.31. The fourth-order valence-corrected chi connectivity index (χ4v) is 2.64. The zero-order valence-corrected chi connectivity index (χ0v) is 11.5. The smallest absolute Gasteiger partial charge is 0.242 e. The third kappa shape index (κ3) is 4.02. The van der Waals surface area contributed by atoms with E-state index in [2.05, 4.69) is 0 Å². The Balaban J connectivity index is 3.27. The Labute approximate surface area is 106 Å². The Morgan fingerprint density at radius 1 is 1.24 bits per heavy atom. The van der Waals surface area contributed by atoms with Gasteiger partial charge in [0.05, 0.1) is 11.9 Å². The van der Waals surface area contributed by atoms with Crippen LogP contribution in [-0.4, -0.2) is 26.5 Å². The molecule has 0 bridgehead atoms. The van der Waals surface area contributed by atoms with Gasteiger partial charge in [0.2, 0.25) is 15.3 Å². The zero-order valence-electron chi connectivity index (χ0n) is 9.90. The molecular weight excluding hydrogens is 262 g/mol. The topological polar surface area (TPSA) is 54.5 Å². The van der Waals surface area contributed by atoms with Gasteiger partial charge in [0, 0.05) is 0 Å². The van der Waals surface area contributed by atoms with Gasteiger partial charge in [-0.15, -0.1) is 0 Å². The SMILES string of the molecule is Cc1cc(C)cc(N(CC(=O)Cl)S(C)(=O)=O)c1. The van der Waals surface area contributed by atoms with Gasteiger partial charge in [0.25, 0.3) is 0 Å². The van der Waals surface area contributed by atoms with Crippen molar-refractivity contribution in [3.05, 3.63) is 29.3 Å². The number of aryl methyl sites for hydroxylation is 2. The second-order valence-electron chi connectivity index (χ2n) is 3.97. The van der Waals surface area contributed by atoms with Gasteiger partial charge in [-0.2, -0.15) is 0 Å². The monoisotopic (exact) mass is 275 g/mol. The van der Waals surface area contributed by atoms with Crippen molar-refractivity contribution in [2.24, 2.45) is 0 Å². The third-order valence-electron chi connectivity index (χ3n) is 2.16. The van der Waals surface area contributed by atoms with Crippen LogP contribution in [0.2, 0.25) is 0 Å². The van der Waals surface area contributed by atoms with Crippen LogP contribution in [0.15, 0.2) is 18.2 Å². The fraction of sp³-hybridized carbons (Fsp3) is 0.364. The Morgan fingerprint density at radius 3 is 2.06 bits per heavy atom. The molecule has 6 heteroatoms. The number of anilines is 1. The van der Waals surface area contributed by atoms with Crippen LogP contribution in [0, 0.1) is 13.8 Å². The summed E-state index contributed by atoms with van der Waals surface area (Å²) in [5.74, 6) is 0. The normalized spacial score (nSPS) is 11.3. The van der Waals surface area contributed by atoms with Gasteiger partial charge in [-0.25, -0.2) is 8.42 Å². The number of nitrogens with zero attached hydrogens (tertiary/aromatic N) is 1. The van der Waals surface area contributed by atoms with Crippen molar-refractivity contribution in [3.63, 3.8) is 0 Å². The third-order valence-corrected chi connectivity index (χ3v) is 3.42. The van der Waals surface area contributed by atoms with E-state index in [1.807, 2.05) is 19.9 Å². The average molecular weight is 276 g/mol. The molecule has 0 fully saturated rings. The highest BCUT2D eigenvalue weighted by Crippen LogP contribution is 2.21. The number of rotatable bonds is 4. The van der Waals surface area contributed by atoms with E-state index in [-0.39, 0.29) is 6.54 Å². The van der Waals surface area contributed by atoms with Crippen molar-refractivity contribution >= 4 is 32.6 Å². The quantitative estimate of drug-likeness (QED) is 0.788. The van der Waals surface area contributed by atoms with E-state index >= 15 is 0 Å². The van der Waals surface area contributed by atoms with Crippen LogP contribution in [0.25, 0.3) is 0 Å². The molecule has 1 rings (SSSR count). The molecular formula is C11H14ClNO3S. The van der Waals surface area contributed by atoms with Gasteiger partial charge < -0.3 is 0 Å². The first-order valence-electron chi connectivity index (χ1n) is 4.94. The first kappa shape index (κ1) is 14.0. The molecule has 0 saturated heterocycles. The lowest BCUT2D eigenvalue weighted by atomic mass is 10.1. The van der Waals surface area contributed by atoms with E-state index in [4.69, 9.17) is 11.6 Å². The van der Waals surface area contributed by atoms with Crippen molar-refractivity contribution in [3.8, 4) is 0 Å². The molecule has 0 amide bonds. The molecule has 4 nitrogen and oxygen atoms in total. The molecule has 0 unspecified atom stereocenters. The molecule has 0 N–H and O–H groups in total. The molecule has 0 saturated carbocycles. The molecule has 0 aromatic heterocycles. The lowest BCUT2D eigenvalue weighted by molar-refractivity contribution is -0.110. The summed E-state index contributed by atoms with van der Waals surface area (Å²) in [5, 5.41) is -0.713. The van der Waals surface area contributed by atoms with Crippen molar-refractivity contribution in [2.75, 3.05) is 17.1 Å². The standard InChI is InChI=1S/C11H14ClNO3S/c1-8-4-9(2)6-10(5-8)13(7-11(12)14)17(3,15)16/h4-6H,7H2,1-3H3. The maximum Gasteiger partial charge on any atom is 0.242 e. The number of benzene rings is 1. The van der Waals surface area contributed by atoms with Crippen molar-refractivity contribution in [1.82, 2.24) is 0 Å². The minimum absolute atomic E-state index is 0.358. The number of carbonyl (C=O) groups excluding carboxylic acids is 1. The summed E-state index contributed by atoms with van der Waals surface area (Å²) < 4.78 is 24.2. The Hall–Kier alpha value is -1.07. The van der Waals surface area contributed by atoms with Crippen LogP contribution in [0.5, 0.6) is 0 Å². The van der Waals surface area contributed by atoms with Gasteiger partial charge in [0.1, 0.15) is 6.54 Å². The van der Waals surface area contributed by atoms with Crippen LogP contribution >= 0.6 is 11.6 Å². The number of hydrogen-bond donors (Lipinski definition) is 0. The molecule has 0 atom stereocenters. The summed E-state index contributed by atoms with van der Waals surface area (Å²) in [4.78, 5) is 10.9. The molecule has 0 spiro atoms. The molecule has 0 aliphatic heterocycles. The molecule has 1 aromatic carbocycles. The van der Waals surface area contributed by atoms with Gasteiger partial charge in [0.15, 0.2) is 0 Å². The van der Waals surface area contributed by atoms with E-state index in [1.165, 1.54) is 0 Å². The predicted molar refractivity (Wildman–Crippen MR) is 69.0 cm³/mol. The maximum absolute atomic E-state index is 11.6. The van der Waals surface area contributed by atoms with Gasteiger partial charge in [-0.1, -0.05) is 6.07 Å². The van der Waals surface area contributed by atoms with Crippen molar-refractivity contribution in [2.45, 2.75) is 13.8 Å². The van der Waals surface area contributed by atoms with E-state index < -0.39 is 15.3 Å². The van der Waals surface area contributed by atoms with Crippen LogP contribution in [0.4, 0.5) is 5.69 Å². The second kappa shape index (κ2) is 5.06.